The first kappa shape index (κ1) is 16.4. The maximum absolute atomic E-state index is 11.8. The molecule has 6 nitrogen and oxygen atoms in total. The molecule has 0 radical (unpaired) electrons. The summed E-state index contributed by atoms with van der Waals surface area (Å²) in [5.74, 6) is -0.443. The standard InChI is InChI=1S/C10H16ClN3O3S2/c1-10(2,6-12)14-8(15)5-13-19(16,17)9-4-3-7(11)18-9/h3-4,13H,5-6,12H2,1-2H3,(H,14,15). The Bertz CT molecular complexity index is 554. The van der Waals surface area contributed by atoms with E-state index in [9.17, 15) is 13.2 Å². The number of sulfonamides is 1. The van der Waals surface area contributed by atoms with Crippen LogP contribution < -0.4 is 15.8 Å². The van der Waals surface area contributed by atoms with Crippen LogP contribution in [0.15, 0.2) is 16.3 Å². The number of halogens is 1. The van der Waals surface area contributed by atoms with Gasteiger partial charge in [0.2, 0.25) is 5.91 Å². The Morgan fingerprint density at radius 2 is 2.11 bits per heavy atom. The molecule has 1 amide bonds. The number of hydrogen-bond donors (Lipinski definition) is 3. The predicted octanol–water partition coefficient (Wildman–Crippen LogP) is 0.533. The first-order valence-corrected chi connectivity index (χ1v) is 8.10. The zero-order valence-electron chi connectivity index (χ0n) is 10.6. The highest BCUT2D eigenvalue weighted by atomic mass is 35.5. The molecule has 0 saturated carbocycles. The number of amides is 1. The average molecular weight is 326 g/mol. The lowest BCUT2D eigenvalue weighted by Gasteiger charge is -2.24. The number of thiophene rings is 1. The molecule has 0 aliphatic rings. The molecule has 1 aromatic heterocycles. The van der Waals surface area contributed by atoms with Gasteiger partial charge in [-0.15, -0.1) is 11.3 Å². The number of nitrogens with one attached hydrogen (secondary N) is 2. The molecule has 0 aromatic carbocycles. The van der Waals surface area contributed by atoms with Crippen LogP contribution in [0.2, 0.25) is 4.34 Å². The van der Waals surface area contributed by atoms with Gasteiger partial charge in [-0.1, -0.05) is 11.6 Å². The molecule has 4 N–H and O–H groups in total. The third-order valence-corrected chi connectivity index (χ3v) is 5.35. The molecule has 0 aliphatic heterocycles. The van der Waals surface area contributed by atoms with Gasteiger partial charge in [0, 0.05) is 12.1 Å². The fourth-order valence-electron chi connectivity index (χ4n) is 1.15. The number of carbonyl (C=O) groups is 1. The van der Waals surface area contributed by atoms with E-state index in [-0.39, 0.29) is 17.3 Å². The van der Waals surface area contributed by atoms with Crippen molar-refractivity contribution in [2.75, 3.05) is 13.1 Å². The lowest BCUT2D eigenvalue weighted by molar-refractivity contribution is -0.121. The Morgan fingerprint density at radius 3 is 2.58 bits per heavy atom. The van der Waals surface area contributed by atoms with Gasteiger partial charge in [0.25, 0.3) is 10.0 Å². The van der Waals surface area contributed by atoms with E-state index in [1.54, 1.807) is 13.8 Å². The number of carbonyl (C=O) groups excluding carboxylic acids is 1. The van der Waals surface area contributed by atoms with E-state index in [0.717, 1.165) is 11.3 Å². The zero-order chi connectivity index (χ0) is 14.7. The highest BCUT2D eigenvalue weighted by Crippen LogP contribution is 2.25. The minimum Gasteiger partial charge on any atom is -0.349 e. The lowest BCUT2D eigenvalue weighted by Crippen LogP contribution is -2.51. The summed E-state index contributed by atoms with van der Waals surface area (Å²) in [6.07, 6.45) is 0. The maximum atomic E-state index is 11.8. The van der Waals surface area contributed by atoms with Crippen molar-refractivity contribution in [3.05, 3.63) is 16.5 Å². The van der Waals surface area contributed by atoms with Gasteiger partial charge >= 0.3 is 0 Å². The quantitative estimate of drug-likeness (QED) is 0.710. The Kier molecular flexibility index (Phi) is 5.34. The summed E-state index contributed by atoms with van der Waals surface area (Å²) in [5.41, 5.74) is 4.89. The normalized spacial score (nSPS) is 12.4. The van der Waals surface area contributed by atoms with Gasteiger partial charge in [0.1, 0.15) is 4.21 Å². The second-order valence-electron chi connectivity index (χ2n) is 4.52. The van der Waals surface area contributed by atoms with Gasteiger partial charge in [0.15, 0.2) is 0 Å². The van der Waals surface area contributed by atoms with Gasteiger partial charge < -0.3 is 11.1 Å². The molecule has 0 saturated heterocycles. The monoisotopic (exact) mass is 325 g/mol. The summed E-state index contributed by atoms with van der Waals surface area (Å²) in [5, 5.41) is 2.62. The smallest absolute Gasteiger partial charge is 0.250 e. The maximum Gasteiger partial charge on any atom is 0.250 e. The fourth-order valence-corrected chi connectivity index (χ4v) is 3.66. The molecule has 1 rings (SSSR count). The fraction of sp³-hybridized carbons (Fsp3) is 0.500. The summed E-state index contributed by atoms with van der Waals surface area (Å²) < 4.78 is 26.3. The van der Waals surface area contributed by atoms with E-state index >= 15 is 0 Å². The van der Waals surface area contributed by atoms with Gasteiger partial charge in [-0.3, -0.25) is 4.79 Å². The van der Waals surface area contributed by atoms with Gasteiger partial charge in [-0.05, 0) is 26.0 Å². The van der Waals surface area contributed by atoms with Crippen molar-refractivity contribution in [1.82, 2.24) is 10.0 Å². The molecule has 1 heterocycles. The number of rotatable bonds is 6. The van der Waals surface area contributed by atoms with E-state index in [4.69, 9.17) is 17.3 Å². The minimum atomic E-state index is -3.70. The summed E-state index contributed by atoms with van der Waals surface area (Å²) in [7, 11) is -3.70. The van der Waals surface area contributed by atoms with Crippen molar-refractivity contribution in [3.8, 4) is 0 Å². The lowest BCUT2D eigenvalue weighted by atomic mass is 10.1. The summed E-state index contributed by atoms with van der Waals surface area (Å²) in [6.45, 7) is 3.41. The van der Waals surface area contributed by atoms with Gasteiger partial charge in [0.05, 0.1) is 10.9 Å². The van der Waals surface area contributed by atoms with Crippen molar-refractivity contribution >= 4 is 38.9 Å². The SMILES string of the molecule is CC(C)(CN)NC(=O)CNS(=O)(=O)c1ccc(Cl)s1. The molecule has 0 aliphatic carbocycles. The van der Waals surface area contributed by atoms with Crippen LogP contribution in [0.4, 0.5) is 0 Å². The molecule has 0 fully saturated rings. The molecule has 0 atom stereocenters. The van der Waals surface area contributed by atoms with Crippen molar-refractivity contribution in [3.63, 3.8) is 0 Å². The highest BCUT2D eigenvalue weighted by Gasteiger charge is 2.21. The summed E-state index contributed by atoms with van der Waals surface area (Å²) >= 11 is 6.60. The van der Waals surface area contributed by atoms with Crippen molar-refractivity contribution in [2.45, 2.75) is 23.6 Å². The summed E-state index contributed by atoms with van der Waals surface area (Å²) in [4.78, 5) is 11.6. The third kappa shape index (κ3) is 5.07. The second kappa shape index (κ2) is 6.19. The van der Waals surface area contributed by atoms with Crippen LogP contribution in [0.1, 0.15) is 13.8 Å². The molecule has 9 heteroatoms. The minimum absolute atomic E-state index is 0.0726. The van der Waals surface area contributed by atoms with Crippen LogP contribution in [0, 0.1) is 0 Å². The van der Waals surface area contributed by atoms with Crippen LogP contribution >= 0.6 is 22.9 Å². The van der Waals surface area contributed by atoms with Crippen molar-refractivity contribution < 1.29 is 13.2 Å². The van der Waals surface area contributed by atoms with Crippen LogP contribution in [0.3, 0.4) is 0 Å². The third-order valence-electron chi connectivity index (χ3n) is 2.22. The Labute approximate surface area is 121 Å². The predicted molar refractivity (Wildman–Crippen MR) is 75.8 cm³/mol. The van der Waals surface area contributed by atoms with E-state index in [1.165, 1.54) is 12.1 Å². The van der Waals surface area contributed by atoms with Gasteiger partial charge in [-0.25, -0.2) is 13.1 Å². The molecular formula is C10H16ClN3O3S2. The molecule has 1 aromatic rings. The molecule has 108 valence electrons. The molecule has 0 unspecified atom stereocenters. The van der Waals surface area contributed by atoms with Crippen LogP contribution in [0.5, 0.6) is 0 Å². The Morgan fingerprint density at radius 1 is 1.47 bits per heavy atom. The molecule has 19 heavy (non-hydrogen) atoms. The molecule has 0 bridgehead atoms. The van der Waals surface area contributed by atoms with Crippen LogP contribution in [-0.2, 0) is 14.8 Å². The van der Waals surface area contributed by atoms with Gasteiger partial charge in [-0.2, -0.15) is 0 Å². The highest BCUT2D eigenvalue weighted by molar-refractivity contribution is 7.91. The Hall–Kier alpha value is -0.670. The Balaban J connectivity index is 2.60. The van der Waals surface area contributed by atoms with E-state index in [0.29, 0.717) is 4.34 Å². The van der Waals surface area contributed by atoms with Crippen molar-refractivity contribution in [2.24, 2.45) is 5.73 Å². The molecular weight excluding hydrogens is 310 g/mol. The first-order valence-electron chi connectivity index (χ1n) is 5.42. The van der Waals surface area contributed by atoms with E-state index < -0.39 is 21.5 Å². The largest absolute Gasteiger partial charge is 0.349 e. The number of nitrogens with two attached hydrogens (primary N) is 1. The van der Waals surface area contributed by atoms with E-state index in [2.05, 4.69) is 10.0 Å². The zero-order valence-corrected chi connectivity index (χ0v) is 13.0. The summed E-state index contributed by atoms with van der Waals surface area (Å²) in [6, 6.07) is 2.87. The first-order chi connectivity index (χ1) is 8.66. The number of hydrogen-bond acceptors (Lipinski definition) is 5. The van der Waals surface area contributed by atoms with Crippen LogP contribution in [-0.4, -0.2) is 33.0 Å². The van der Waals surface area contributed by atoms with Crippen molar-refractivity contribution in [1.29, 1.82) is 0 Å². The molecule has 0 spiro atoms. The second-order valence-corrected chi connectivity index (χ2v) is 8.23. The van der Waals surface area contributed by atoms with Crippen LogP contribution in [0.25, 0.3) is 0 Å². The topological polar surface area (TPSA) is 101 Å². The van der Waals surface area contributed by atoms with E-state index in [1.807, 2.05) is 0 Å². The average Bonchev–Trinajstić information content (AvgIpc) is 2.74.